The fourth-order valence-corrected chi connectivity index (χ4v) is 4.19. The second-order valence-corrected chi connectivity index (χ2v) is 7.12. The fraction of sp³-hybridized carbons (Fsp3) is 0.647. The molecule has 1 aliphatic heterocycles. The van der Waals surface area contributed by atoms with Crippen molar-refractivity contribution in [2.75, 3.05) is 20.1 Å². The van der Waals surface area contributed by atoms with Gasteiger partial charge in [-0.15, -0.1) is 0 Å². The molecule has 2 nitrogen and oxygen atoms in total. The number of nitrogens with zero attached hydrogens (tertiary/aromatic N) is 1. The van der Waals surface area contributed by atoms with Gasteiger partial charge in [0.25, 0.3) is 0 Å². The lowest BCUT2D eigenvalue weighted by Gasteiger charge is -2.44. The first kappa shape index (κ1) is 16.0. The summed E-state index contributed by atoms with van der Waals surface area (Å²) in [6.45, 7) is 9.09. The smallest absolute Gasteiger partial charge is 0.0402 e. The van der Waals surface area contributed by atoms with Crippen LogP contribution in [-0.4, -0.2) is 31.1 Å². The molecule has 2 rings (SSSR count). The van der Waals surface area contributed by atoms with E-state index < -0.39 is 0 Å². The van der Waals surface area contributed by atoms with Crippen LogP contribution in [0.25, 0.3) is 0 Å². The first-order valence-electron chi connectivity index (χ1n) is 7.71. The molecular formula is C17H27BrN2. The van der Waals surface area contributed by atoms with Crippen molar-refractivity contribution < 1.29 is 0 Å². The van der Waals surface area contributed by atoms with E-state index in [9.17, 15) is 0 Å². The van der Waals surface area contributed by atoms with Crippen LogP contribution in [0.1, 0.15) is 43.9 Å². The number of nitrogens with one attached hydrogen (secondary N) is 1. The molecule has 1 aliphatic rings. The molecule has 3 heteroatoms. The van der Waals surface area contributed by atoms with Crippen molar-refractivity contribution in [1.29, 1.82) is 0 Å². The number of hydrogen-bond acceptors (Lipinski definition) is 2. The molecule has 20 heavy (non-hydrogen) atoms. The van der Waals surface area contributed by atoms with Crippen LogP contribution >= 0.6 is 15.9 Å². The molecule has 1 heterocycles. The number of piperidine rings is 1. The predicted octanol–water partition coefficient (Wildman–Crippen LogP) is 4.14. The van der Waals surface area contributed by atoms with E-state index in [-0.39, 0.29) is 0 Å². The van der Waals surface area contributed by atoms with Gasteiger partial charge in [0.15, 0.2) is 0 Å². The summed E-state index contributed by atoms with van der Waals surface area (Å²) < 4.78 is 1.26. The van der Waals surface area contributed by atoms with Crippen LogP contribution in [0.2, 0.25) is 0 Å². The zero-order chi connectivity index (χ0) is 14.7. The number of halogens is 1. The Hall–Kier alpha value is -0.380. The minimum absolute atomic E-state index is 0.520. The van der Waals surface area contributed by atoms with Gasteiger partial charge in [0.2, 0.25) is 0 Å². The van der Waals surface area contributed by atoms with E-state index in [2.05, 4.69) is 72.2 Å². The maximum Gasteiger partial charge on any atom is 0.0402 e. The van der Waals surface area contributed by atoms with E-state index in [1.807, 2.05) is 0 Å². The van der Waals surface area contributed by atoms with Gasteiger partial charge in [-0.2, -0.15) is 0 Å². The van der Waals surface area contributed by atoms with Gasteiger partial charge in [-0.05, 0) is 76.9 Å². The highest BCUT2D eigenvalue weighted by molar-refractivity contribution is 9.10. The van der Waals surface area contributed by atoms with Gasteiger partial charge in [-0.3, -0.25) is 4.90 Å². The van der Waals surface area contributed by atoms with E-state index in [0.29, 0.717) is 18.0 Å². The lowest BCUT2D eigenvalue weighted by Crippen LogP contribution is -2.45. The Morgan fingerprint density at radius 3 is 2.75 bits per heavy atom. The summed E-state index contributed by atoms with van der Waals surface area (Å²) in [5.74, 6) is 0.690. The Kier molecular flexibility index (Phi) is 5.65. The average Bonchev–Trinajstić information content (AvgIpc) is 2.39. The van der Waals surface area contributed by atoms with Crippen LogP contribution in [0.15, 0.2) is 22.7 Å². The number of likely N-dealkylation sites (tertiary alicyclic amines) is 1. The second-order valence-electron chi connectivity index (χ2n) is 6.26. The van der Waals surface area contributed by atoms with Crippen molar-refractivity contribution in [3.8, 4) is 0 Å². The van der Waals surface area contributed by atoms with E-state index in [1.165, 1.54) is 35.0 Å². The summed E-state index contributed by atoms with van der Waals surface area (Å²) in [4.78, 5) is 2.67. The molecule has 1 aromatic rings. The predicted molar refractivity (Wildman–Crippen MR) is 90.1 cm³/mol. The number of rotatable bonds is 4. The van der Waals surface area contributed by atoms with Crippen LogP contribution in [0.3, 0.4) is 0 Å². The third-order valence-corrected chi connectivity index (χ3v) is 5.09. The van der Waals surface area contributed by atoms with E-state index in [0.717, 1.165) is 6.54 Å². The number of aryl methyl sites for hydroxylation is 1. The topological polar surface area (TPSA) is 15.3 Å². The van der Waals surface area contributed by atoms with E-state index in [1.54, 1.807) is 0 Å². The van der Waals surface area contributed by atoms with Crippen molar-refractivity contribution in [3.05, 3.63) is 33.8 Å². The summed E-state index contributed by atoms with van der Waals surface area (Å²) in [5.41, 5.74) is 2.77. The third kappa shape index (κ3) is 3.44. The Bertz CT molecular complexity index is 443. The summed E-state index contributed by atoms with van der Waals surface area (Å²) in [7, 11) is 2.07. The number of benzene rings is 1. The van der Waals surface area contributed by atoms with Gasteiger partial charge in [-0.1, -0.05) is 28.1 Å². The van der Waals surface area contributed by atoms with Crippen LogP contribution in [-0.2, 0) is 0 Å². The monoisotopic (exact) mass is 338 g/mol. The molecule has 1 saturated heterocycles. The molecule has 0 aromatic heterocycles. The Balaban J connectivity index is 2.37. The van der Waals surface area contributed by atoms with Crippen molar-refractivity contribution in [1.82, 2.24) is 10.2 Å². The third-order valence-electron chi connectivity index (χ3n) is 4.40. The molecule has 1 aromatic carbocycles. The van der Waals surface area contributed by atoms with Crippen LogP contribution in [0.4, 0.5) is 0 Å². The molecule has 1 N–H and O–H groups in total. The first-order chi connectivity index (χ1) is 9.54. The summed E-state index contributed by atoms with van der Waals surface area (Å²) >= 11 is 3.79. The molecule has 2 unspecified atom stereocenters. The van der Waals surface area contributed by atoms with Gasteiger partial charge >= 0.3 is 0 Å². The molecule has 0 aliphatic carbocycles. The second kappa shape index (κ2) is 7.06. The molecule has 2 atom stereocenters. The van der Waals surface area contributed by atoms with Gasteiger partial charge in [-0.25, -0.2) is 0 Å². The Labute approximate surface area is 132 Å². The quantitative estimate of drug-likeness (QED) is 0.887. The molecule has 0 amide bonds. The molecule has 0 spiro atoms. The zero-order valence-electron chi connectivity index (χ0n) is 13.1. The van der Waals surface area contributed by atoms with Crippen LogP contribution < -0.4 is 5.32 Å². The fourth-order valence-electron chi connectivity index (χ4n) is 3.46. The van der Waals surface area contributed by atoms with Crippen molar-refractivity contribution in [2.45, 2.75) is 45.7 Å². The molecular weight excluding hydrogens is 312 g/mol. The van der Waals surface area contributed by atoms with Crippen LogP contribution in [0.5, 0.6) is 0 Å². The summed E-state index contributed by atoms with van der Waals surface area (Å²) in [6.07, 6.45) is 2.62. The lowest BCUT2D eigenvalue weighted by molar-refractivity contribution is 0.0632. The molecule has 112 valence electrons. The van der Waals surface area contributed by atoms with E-state index in [4.69, 9.17) is 0 Å². The summed E-state index contributed by atoms with van der Waals surface area (Å²) in [5, 5.41) is 3.39. The van der Waals surface area contributed by atoms with Crippen molar-refractivity contribution >= 4 is 15.9 Å². The first-order valence-corrected chi connectivity index (χ1v) is 8.50. The van der Waals surface area contributed by atoms with Gasteiger partial charge in [0.1, 0.15) is 0 Å². The highest BCUT2D eigenvalue weighted by Crippen LogP contribution is 2.40. The van der Waals surface area contributed by atoms with Crippen LogP contribution in [0, 0.1) is 12.8 Å². The van der Waals surface area contributed by atoms with Crippen molar-refractivity contribution in [2.24, 2.45) is 5.92 Å². The molecule has 0 bridgehead atoms. The minimum atomic E-state index is 0.520. The minimum Gasteiger partial charge on any atom is -0.319 e. The maximum absolute atomic E-state index is 3.79. The van der Waals surface area contributed by atoms with Gasteiger partial charge < -0.3 is 5.32 Å². The Morgan fingerprint density at radius 1 is 1.40 bits per heavy atom. The van der Waals surface area contributed by atoms with Crippen molar-refractivity contribution in [3.63, 3.8) is 0 Å². The largest absolute Gasteiger partial charge is 0.319 e. The summed E-state index contributed by atoms with van der Waals surface area (Å²) in [6, 6.07) is 7.91. The molecule has 0 radical (unpaired) electrons. The van der Waals surface area contributed by atoms with E-state index >= 15 is 0 Å². The highest BCUT2D eigenvalue weighted by Gasteiger charge is 2.34. The highest BCUT2D eigenvalue weighted by atomic mass is 79.9. The maximum atomic E-state index is 3.79. The molecule has 1 fully saturated rings. The van der Waals surface area contributed by atoms with Gasteiger partial charge in [0.05, 0.1) is 0 Å². The zero-order valence-corrected chi connectivity index (χ0v) is 14.7. The Morgan fingerprint density at radius 2 is 2.15 bits per heavy atom. The SMILES string of the molecule is CNCC1CCCN(C(C)C)C1c1ccc(C)cc1Br. The average molecular weight is 339 g/mol. The molecule has 0 saturated carbocycles. The lowest BCUT2D eigenvalue weighted by atomic mass is 9.83. The normalized spacial score (nSPS) is 24.3. The number of hydrogen-bond donors (Lipinski definition) is 1. The standard InChI is InChI=1S/C17H27BrN2/c1-12(2)20-9-5-6-14(11-19-4)17(20)15-8-7-13(3)10-16(15)18/h7-8,10,12,14,17,19H,5-6,9,11H2,1-4H3. The van der Waals surface area contributed by atoms with Gasteiger partial charge in [0, 0.05) is 16.6 Å².